The maximum Gasteiger partial charge on any atom is 0.344 e. The molecule has 0 fully saturated rings. The summed E-state index contributed by atoms with van der Waals surface area (Å²) in [6, 6.07) is 6.68. The number of hydrogen-bond acceptors (Lipinski definition) is 7. The molecule has 1 aromatic carbocycles. The van der Waals surface area contributed by atoms with Gasteiger partial charge in [-0.3, -0.25) is 4.79 Å². The van der Waals surface area contributed by atoms with E-state index < -0.39 is 11.6 Å². The van der Waals surface area contributed by atoms with Gasteiger partial charge in [-0.15, -0.1) is 0 Å². The van der Waals surface area contributed by atoms with Gasteiger partial charge in [-0.25, -0.2) is 9.78 Å². The van der Waals surface area contributed by atoms with Crippen LogP contribution < -0.4 is 21.5 Å². The van der Waals surface area contributed by atoms with Gasteiger partial charge in [0, 0.05) is 11.8 Å². The highest BCUT2D eigenvalue weighted by Crippen LogP contribution is 2.26. The molecule has 0 aliphatic rings. The quantitative estimate of drug-likeness (QED) is 0.380. The van der Waals surface area contributed by atoms with Crippen LogP contribution in [0.3, 0.4) is 0 Å². The largest absolute Gasteiger partial charge is 0.482 e. The number of carbonyl (C=O) groups excluding carboxylic acids is 2. The number of aliphatic imine (C=N–C) groups is 1. The van der Waals surface area contributed by atoms with Crippen LogP contribution in [0.2, 0.25) is 0 Å². The van der Waals surface area contributed by atoms with Gasteiger partial charge < -0.3 is 26.3 Å². The van der Waals surface area contributed by atoms with Gasteiger partial charge in [0.05, 0.1) is 5.69 Å². The summed E-state index contributed by atoms with van der Waals surface area (Å²) in [6.45, 7) is 6.80. The highest BCUT2D eigenvalue weighted by atomic mass is 32.1. The lowest BCUT2D eigenvalue weighted by Crippen LogP contribution is -2.27. The average molecular weight is 405 g/mol. The number of guanidine groups is 1. The van der Waals surface area contributed by atoms with Crippen molar-refractivity contribution in [2.75, 3.05) is 11.9 Å². The fraction of sp³-hybridized carbons (Fsp3) is 0.333. The van der Waals surface area contributed by atoms with Crippen molar-refractivity contribution in [3.8, 4) is 5.75 Å². The molecule has 0 unspecified atom stereocenters. The molecule has 0 aliphatic heterocycles. The molecule has 1 amide bonds. The van der Waals surface area contributed by atoms with E-state index in [1.807, 2.05) is 0 Å². The fourth-order valence-corrected chi connectivity index (χ4v) is 2.97. The summed E-state index contributed by atoms with van der Waals surface area (Å²) in [6.07, 6.45) is 0. The van der Waals surface area contributed by atoms with Crippen molar-refractivity contribution >= 4 is 40.0 Å². The van der Waals surface area contributed by atoms with E-state index in [1.54, 1.807) is 52.0 Å². The SMILES string of the molecule is Cc1nc(N=C(N)N)sc1C(=O)Nc1cccc(OCC(=O)OC(C)(C)C)c1. The number of nitrogens with two attached hydrogens (primary N) is 2. The Hall–Kier alpha value is -3.14. The minimum absolute atomic E-state index is 0.129. The predicted molar refractivity (Wildman–Crippen MR) is 108 cm³/mol. The standard InChI is InChI=1S/C18H23N5O4S/c1-10-14(28-17(21-10)23-16(19)20)15(25)22-11-6-5-7-12(8-11)26-9-13(24)27-18(2,3)4/h5-8H,9H2,1-4H3,(H,22,25)(H4,19,20,21,23). The normalized spacial score (nSPS) is 10.9. The first-order valence-electron chi connectivity index (χ1n) is 8.36. The number of thiazole rings is 1. The fourth-order valence-electron chi connectivity index (χ4n) is 2.12. The molecule has 0 atom stereocenters. The number of rotatable bonds is 6. The number of anilines is 1. The summed E-state index contributed by atoms with van der Waals surface area (Å²) < 4.78 is 10.6. The summed E-state index contributed by atoms with van der Waals surface area (Å²) in [5.41, 5.74) is 11.1. The van der Waals surface area contributed by atoms with Gasteiger partial charge in [0.25, 0.3) is 5.91 Å². The number of nitrogens with zero attached hydrogens (tertiary/aromatic N) is 2. The number of aryl methyl sites for hydroxylation is 1. The molecule has 1 heterocycles. The summed E-state index contributed by atoms with van der Waals surface area (Å²) in [5, 5.41) is 3.06. The number of hydrogen-bond donors (Lipinski definition) is 3. The Labute approximate surface area is 166 Å². The molecule has 150 valence electrons. The van der Waals surface area contributed by atoms with E-state index >= 15 is 0 Å². The van der Waals surface area contributed by atoms with E-state index in [9.17, 15) is 9.59 Å². The third-order valence-corrected chi connectivity index (χ3v) is 4.13. The molecule has 0 bridgehead atoms. The van der Waals surface area contributed by atoms with E-state index in [0.717, 1.165) is 11.3 Å². The van der Waals surface area contributed by atoms with E-state index in [4.69, 9.17) is 20.9 Å². The van der Waals surface area contributed by atoms with Crippen LogP contribution in [0.1, 0.15) is 36.1 Å². The van der Waals surface area contributed by atoms with Crippen LogP contribution in [0, 0.1) is 6.92 Å². The Morgan fingerprint density at radius 2 is 2.00 bits per heavy atom. The lowest BCUT2D eigenvalue weighted by atomic mass is 10.2. The first-order chi connectivity index (χ1) is 13.0. The van der Waals surface area contributed by atoms with Crippen LogP contribution in [-0.4, -0.2) is 35.0 Å². The molecule has 1 aromatic heterocycles. The van der Waals surface area contributed by atoms with Crippen molar-refractivity contribution in [1.82, 2.24) is 4.98 Å². The van der Waals surface area contributed by atoms with Gasteiger partial charge in [-0.2, -0.15) is 4.99 Å². The van der Waals surface area contributed by atoms with Gasteiger partial charge in [-0.1, -0.05) is 17.4 Å². The van der Waals surface area contributed by atoms with E-state index in [1.165, 1.54) is 0 Å². The first-order valence-corrected chi connectivity index (χ1v) is 9.18. The molecule has 2 aromatic rings. The minimum Gasteiger partial charge on any atom is -0.482 e. The molecule has 5 N–H and O–H groups in total. The van der Waals surface area contributed by atoms with Crippen LogP contribution in [-0.2, 0) is 9.53 Å². The van der Waals surface area contributed by atoms with Gasteiger partial charge in [0.15, 0.2) is 12.6 Å². The highest BCUT2D eigenvalue weighted by molar-refractivity contribution is 7.17. The van der Waals surface area contributed by atoms with Gasteiger partial charge >= 0.3 is 5.97 Å². The van der Waals surface area contributed by atoms with E-state index in [-0.39, 0.29) is 18.5 Å². The summed E-state index contributed by atoms with van der Waals surface area (Å²) in [7, 11) is 0. The number of esters is 1. The van der Waals surface area contributed by atoms with Crippen molar-refractivity contribution in [2.45, 2.75) is 33.3 Å². The molecular weight excluding hydrogens is 382 g/mol. The molecule has 0 saturated carbocycles. The second-order valence-corrected chi connectivity index (χ2v) is 7.78. The monoisotopic (exact) mass is 405 g/mol. The van der Waals surface area contributed by atoms with Crippen LogP contribution in [0.5, 0.6) is 5.75 Å². The Morgan fingerprint density at radius 1 is 1.29 bits per heavy atom. The molecule has 28 heavy (non-hydrogen) atoms. The zero-order chi connectivity index (χ0) is 20.9. The number of nitrogens with one attached hydrogen (secondary N) is 1. The number of benzene rings is 1. The van der Waals surface area contributed by atoms with Crippen molar-refractivity contribution in [1.29, 1.82) is 0 Å². The smallest absolute Gasteiger partial charge is 0.344 e. The Bertz CT molecular complexity index is 898. The lowest BCUT2D eigenvalue weighted by Gasteiger charge is -2.19. The maximum atomic E-state index is 12.5. The topological polar surface area (TPSA) is 142 Å². The van der Waals surface area contributed by atoms with E-state index in [0.29, 0.717) is 27.1 Å². The van der Waals surface area contributed by atoms with Crippen LogP contribution in [0.25, 0.3) is 0 Å². The summed E-state index contributed by atoms with van der Waals surface area (Å²) >= 11 is 1.08. The van der Waals surface area contributed by atoms with Crippen LogP contribution in [0.4, 0.5) is 10.8 Å². The predicted octanol–water partition coefficient (Wildman–Crippen LogP) is 2.33. The Morgan fingerprint density at radius 3 is 2.64 bits per heavy atom. The molecule has 0 aliphatic carbocycles. The van der Waals surface area contributed by atoms with Crippen molar-refractivity contribution in [3.05, 3.63) is 34.8 Å². The second-order valence-electron chi connectivity index (χ2n) is 6.80. The van der Waals surface area contributed by atoms with Crippen molar-refractivity contribution in [3.63, 3.8) is 0 Å². The maximum absolute atomic E-state index is 12.5. The third kappa shape index (κ3) is 6.54. The molecule has 0 spiro atoms. The highest BCUT2D eigenvalue weighted by Gasteiger charge is 2.17. The summed E-state index contributed by atoms with van der Waals surface area (Å²) in [4.78, 5) is 32.6. The first kappa shape index (κ1) is 21.2. The molecular formula is C18H23N5O4S. The Balaban J connectivity index is 2.02. The van der Waals surface area contributed by atoms with Crippen molar-refractivity contribution < 1.29 is 19.1 Å². The van der Waals surface area contributed by atoms with Gasteiger partial charge in [-0.05, 0) is 39.8 Å². The second kappa shape index (κ2) is 8.70. The molecule has 2 rings (SSSR count). The number of carbonyl (C=O) groups is 2. The molecule has 0 saturated heterocycles. The molecule has 9 nitrogen and oxygen atoms in total. The van der Waals surface area contributed by atoms with Gasteiger partial charge in [0.2, 0.25) is 5.13 Å². The summed E-state index contributed by atoms with van der Waals surface area (Å²) in [5.74, 6) is -0.535. The minimum atomic E-state index is -0.583. The number of ether oxygens (including phenoxy) is 2. The van der Waals surface area contributed by atoms with Gasteiger partial charge in [0.1, 0.15) is 16.2 Å². The van der Waals surface area contributed by atoms with Crippen LogP contribution in [0.15, 0.2) is 29.3 Å². The molecule has 0 radical (unpaired) electrons. The average Bonchev–Trinajstić information content (AvgIpc) is 2.91. The zero-order valence-corrected chi connectivity index (χ0v) is 16.9. The number of amides is 1. The van der Waals surface area contributed by atoms with Crippen molar-refractivity contribution in [2.24, 2.45) is 16.5 Å². The molecule has 10 heteroatoms. The zero-order valence-electron chi connectivity index (χ0n) is 16.1. The van der Waals surface area contributed by atoms with Crippen LogP contribution >= 0.6 is 11.3 Å². The van der Waals surface area contributed by atoms with E-state index in [2.05, 4.69) is 15.3 Å². The lowest BCUT2D eigenvalue weighted by molar-refractivity contribution is -0.157. The Kier molecular flexibility index (Phi) is 6.57. The third-order valence-electron chi connectivity index (χ3n) is 3.08. The number of aromatic nitrogens is 1.